The van der Waals surface area contributed by atoms with Gasteiger partial charge in [-0.25, -0.2) is 20.4 Å². The van der Waals surface area contributed by atoms with Crippen molar-refractivity contribution in [1.29, 1.82) is 0 Å². The van der Waals surface area contributed by atoms with Crippen LogP contribution in [0, 0.1) is 0 Å². The lowest BCUT2D eigenvalue weighted by atomic mass is 9.93. The molecule has 0 saturated heterocycles. The molecular formula is C43H34N6O8. The minimum Gasteiger partial charge on any atom is -0.507 e. The molecule has 14 nitrogen and oxygen atoms in total. The fourth-order valence-electron chi connectivity index (χ4n) is 7.24. The number of phenols is 2. The van der Waals surface area contributed by atoms with E-state index >= 15 is 0 Å². The topological polar surface area (TPSA) is 182 Å². The maximum absolute atomic E-state index is 13.1. The molecule has 6 aromatic carbocycles. The van der Waals surface area contributed by atoms with E-state index in [-0.39, 0.29) is 33.8 Å². The second-order valence-corrected chi connectivity index (χ2v) is 13.5. The number of amides is 2. The van der Waals surface area contributed by atoms with Gasteiger partial charge in [-0.1, -0.05) is 24.3 Å². The number of fused-ring (bicyclic) bond motifs is 10. The van der Waals surface area contributed by atoms with Crippen molar-refractivity contribution in [3.05, 3.63) is 142 Å². The molecule has 14 heteroatoms. The first-order valence-electron chi connectivity index (χ1n) is 17.7. The molecule has 4 N–H and O–H groups in total. The van der Waals surface area contributed by atoms with Crippen LogP contribution in [0.15, 0.2) is 107 Å². The van der Waals surface area contributed by atoms with Gasteiger partial charge in [0, 0.05) is 57.8 Å². The van der Waals surface area contributed by atoms with Crippen molar-refractivity contribution in [2.24, 2.45) is 10.2 Å². The molecule has 284 valence electrons. The first kappa shape index (κ1) is 36.2. The normalized spacial score (nSPS) is 13.1. The number of nitrogens with one attached hydrogen (secondary N) is 2. The van der Waals surface area contributed by atoms with Crippen molar-refractivity contribution in [1.82, 2.24) is 10.9 Å². The molecule has 0 aliphatic carbocycles. The summed E-state index contributed by atoms with van der Waals surface area (Å²) >= 11 is 0. The summed E-state index contributed by atoms with van der Waals surface area (Å²) in [6.45, 7) is 2.02. The third-order valence-electron chi connectivity index (χ3n) is 10.1. The van der Waals surface area contributed by atoms with Crippen LogP contribution in [0.4, 0.5) is 11.4 Å². The number of carbonyl (C=O) groups is 4. The minimum absolute atomic E-state index is 0.105. The summed E-state index contributed by atoms with van der Waals surface area (Å²) < 4.78 is 9.45. The van der Waals surface area contributed by atoms with E-state index in [2.05, 4.69) is 43.0 Å². The highest BCUT2D eigenvalue weighted by atomic mass is 16.5. The van der Waals surface area contributed by atoms with Crippen molar-refractivity contribution < 1.29 is 38.9 Å². The molecule has 0 atom stereocenters. The monoisotopic (exact) mass is 762 g/mol. The second-order valence-electron chi connectivity index (χ2n) is 13.5. The highest BCUT2D eigenvalue weighted by Crippen LogP contribution is 2.43. The van der Waals surface area contributed by atoms with Gasteiger partial charge in [-0.2, -0.15) is 10.2 Å². The summed E-state index contributed by atoms with van der Waals surface area (Å²) in [7, 11) is 2.53. The Kier molecular flexibility index (Phi) is 9.43. The molecule has 2 aliphatic rings. The summed E-state index contributed by atoms with van der Waals surface area (Å²) in [5.74, 6) is -2.20. The number of ether oxygens (including phenoxy) is 2. The summed E-state index contributed by atoms with van der Waals surface area (Å²) in [5, 5.41) is 32.2. The molecule has 0 spiro atoms. The Morgan fingerprint density at radius 3 is 1.42 bits per heavy atom. The van der Waals surface area contributed by atoms with E-state index in [1.807, 2.05) is 36.4 Å². The van der Waals surface area contributed by atoms with Crippen molar-refractivity contribution in [3.8, 4) is 11.5 Å². The van der Waals surface area contributed by atoms with Gasteiger partial charge in [0.15, 0.2) is 0 Å². The van der Waals surface area contributed by atoms with Gasteiger partial charge in [-0.15, -0.1) is 0 Å². The van der Waals surface area contributed by atoms with E-state index in [1.165, 1.54) is 63.0 Å². The molecule has 0 radical (unpaired) electrons. The van der Waals surface area contributed by atoms with Crippen molar-refractivity contribution in [2.45, 2.75) is 13.1 Å². The number of hydrogen-bond acceptors (Lipinski definition) is 12. The van der Waals surface area contributed by atoms with E-state index < -0.39 is 23.8 Å². The standard InChI is InChI=1S/C43H34N6O8/c1-56-42(54)28-7-13-38(50)30(17-28)19-44-46-40(52)26-3-9-32-24(15-26)5-11-36-34(32)21-48-23-49(36)22-35-33-10-4-27(16-25(33)6-12-37(35)48)41(53)47-45-20-31-18-29(43(55)57-2)8-14-39(31)51/h3-20,50-51H,21-23H2,1-2H3,(H,46,52)(H,47,53)/b44-19+,45-20+. The molecule has 0 unspecified atom stereocenters. The van der Waals surface area contributed by atoms with Gasteiger partial charge in [-0.3, -0.25) is 9.59 Å². The third kappa shape index (κ3) is 6.91. The van der Waals surface area contributed by atoms with Gasteiger partial charge >= 0.3 is 11.9 Å². The fraction of sp³-hybridized carbons (Fsp3) is 0.116. The number of carbonyl (C=O) groups excluding carboxylic acids is 4. The predicted octanol–water partition coefficient (Wildman–Crippen LogP) is 5.80. The highest BCUT2D eigenvalue weighted by Gasteiger charge is 2.31. The van der Waals surface area contributed by atoms with Gasteiger partial charge in [-0.05, 0) is 94.3 Å². The molecular weight excluding hydrogens is 729 g/mol. The largest absolute Gasteiger partial charge is 0.507 e. The van der Waals surface area contributed by atoms with Crippen molar-refractivity contribution in [3.63, 3.8) is 0 Å². The number of phenolic OH excluding ortho intramolecular Hbond substituents is 2. The molecule has 2 heterocycles. The Balaban J connectivity index is 0.975. The lowest BCUT2D eigenvalue weighted by Crippen LogP contribution is -2.46. The predicted molar refractivity (Wildman–Crippen MR) is 214 cm³/mol. The Morgan fingerprint density at radius 1 is 0.579 bits per heavy atom. The zero-order valence-corrected chi connectivity index (χ0v) is 30.6. The molecule has 57 heavy (non-hydrogen) atoms. The van der Waals surface area contributed by atoms with E-state index in [1.54, 1.807) is 12.1 Å². The van der Waals surface area contributed by atoms with Crippen LogP contribution in [-0.4, -0.2) is 67.3 Å². The molecule has 0 saturated carbocycles. The number of nitrogens with zero attached hydrogens (tertiary/aromatic N) is 4. The lowest BCUT2D eigenvalue weighted by molar-refractivity contribution is 0.0591. The summed E-state index contributed by atoms with van der Waals surface area (Å²) in [6.07, 6.45) is 2.52. The van der Waals surface area contributed by atoms with Gasteiger partial charge in [0.05, 0.1) is 44.4 Å². The Morgan fingerprint density at radius 2 is 1.00 bits per heavy atom. The van der Waals surface area contributed by atoms with E-state index in [4.69, 9.17) is 9.47 Å². The number of hydrogen-bond donors (Lipinski definition) is 4. The van der Waals surface area contributed by atoms with Crippen LogP contribution in [0.5, 0.6) is 11.5 Å². The summed E-state index contributed by atoms with van der Waals surface area (Å²) in [4.78, 5) is 54.5. The first-order valence-corrected chi connectivity index (χ1v) is 17.7. The molecule has 2 aliphatic heterocycles. The molecule has 2 amide bonds. The van der Waals surface area contributed by atoms with Gasteiger partial charge < -0.3 is 29.5 Å². The maximum Gasteiger partial charge on any atom is 0.337 e. The first-order chi connectivity index (χ1) is 27.6. The van der Waals surface area contributed by atoms with Crippen LogP contribution in [0.25, 0.3) is 21.5 Å². The van der Waals surface area contributed by atoms with Gasteiger partial charge in [0.25, 0.3) is 11.8 Å². The zero-order chi connectivity index (χ0) is 39.8. The maximum atomic E-state index is 13.1. The number of methoxy groups -OCH3 is 2. The van der Waals surface area contributed by atoms with E-state index in [0.717, 1.165) is 44.0 Å². The molecule has 8 rings (SSSR count). The Labute approximate surface area is 325 Å². The molecule has 6 aromatic rings. The van der Waals surface area contributed by atoms with Crippen LogP contribution in [-0.2, 0) is 22.6 Å². The van der Waals surface area contributed by atoms with E-state index in [9.17, 15) is 29.4 Å². The Hall–Kier alpha value is -7.74. The molecule has 2 bridgehead atoms. The number of benzene rings is 6. The van der Waals surface area contributed by atoms with Crippen LogP contribution in [0.2, 0.25) is 0 Å². The van der Waals surface area contributed by atoms with Crippen molar-refractivity contribution >= 4 is 69.1 Å². The number of rotatable bonds is 8. The number of anilines is 2. The van der Waals surface area contributed by atoms with Crippen LogP contribution < -0.4 is 20.7 Å². The number of aromatic hydroxyl groups is 2. The van der Waals surface area contributed by atoms with Crippen LogP contribution in [0.3, 0.4) is 0 Å². The van der Waals surface area contributed by atoms with Gasteiger partial charge in [0.1, 0.15) is 11.5 Å². The third-order valence-corrected chi connectivity index (χ3v) is 10.1. The number of hydrazone groups is 2. The van der Waals surface area contributed by atoms with Crippen LogP contribution >= 0.6 is 0 Å². The van der Waals surface area contributed by atoms with Crippen molar-refractivity contribution in [2.75, 3.05) is 30.7 Å². The second kappa shape index (κ2) is 14.8. The minimum atomic E-state index is -0.559. The smallest absolute Gasteiger partial charge is 0.337 e. The quantitative estimate of drug-likeness (QED) is 0.0840. The highest BCUT2D eigenvalue weighted by molar-refractivity contribution is 6.03. The summed E-state index contributed by atoms with van der Waals surface area (Å²) in [6, 6.07) is 27.6. The Bertz CT molecular complexity index is 2540. The SMILES string of the molecule is COC(=O)c1ccc(O)c(/C=N/NC(=O)c2ccc3c4c(ccc3c2)N2Cc3c(ccc5cc(C(=O)N/N=C/c6cc(C(=O)OC)ccc6O)ccc35)N(C4)C2)c1. The summed E-state index contributed by atoms with van der Waals surface area (Å²) in [5.41, 5.74) is 11.3. The molecule has 0 aromatic heterocycles. The average Bonchev–Trinajstić information content (AvgIpc) is 3.23. The average molecular weight is 763 g/mol. The molecule has 0 fully saturated rings. The fourth-order valence-corrected chi connectivity index (χ4v) is 7.24. The number of esters is 2. The van der Waals surface area contributed by atoms with E-state index in [0.29, 0.717) is 30.9 Å². The van der Waals surface area contributed by atoms with Crippen LogP contribution in [0.1, 0.15) is 63.7 Å². The zero-order valence-electron chi connectivity index (χ0n) is 30.6. The van der Waals surface area contributed by atoms with Gasteiger partial charge in [0.2, 0.25) is 0 Å². The lowest BCUT2D eigenvalue weighted by Gasteiger charge is -2.45.